The summed E-state index contributed by atoms with van der Waals surface area (Å²) in [6.45, 7) is 6.02. The summed E-state index contributed by atoms with van der Waals surface area (Å²) in [7, 11) is 0. The number of hydrogen-bond acceptors (Lipinski definition) is 4. The van der Waals surface area contributed by atoms with Gasteiger partial charge in [0.15, 0.2) is 17.3 Å². The molecule has 0 amide bonds. The first-order chi connectivity index (χ1) is 17.0. The molecule has 3 aliphatic carbocycles. The molecular weight excluding hydrogens is 434 g/mol. The molecule has 172 valence electrons. The fourth-order valence-corrected chi connectivity index (χ4v) is 6.14. The number of carbonyl (C=O) groups excluding carboxylic acids is 3. The molecule has 4 nitrogen and oxygen atoms in total. The number of allylic oxidation sites excluding steroid dienone is 4. The molecular formula is C31H25NO3. The zero-order chi connectivity index (χ0) is 24.3. The largest absolute Gasteiger partial charge is 0.372 e. The van der Waals surface area contributed by atoms with Crippen molar-refractivity contribution in [3.8, 4) is 0 Å². The second-order valence-corrected chi connectivity index (χ2v) is 9.28. The third-order valence-electron chi connectivity index (χ3n) is 7.78. The number of carbonyl (C=O) groups is 3. The summed E-state index contributed by atoms with van der Waals surface area (Å²) in [5.74, 6) is -1.09. The summed E-state index contributed by atoms with van der Waals surface area (Å²) in [4.78, 5) is 44.2. The van der Waals surface area contributed by atoms with Gasteiger partial charge in [0.1, 0.15) is 5.41 Å². The Morgan fingerprint density at radius 3 is 1.83 bits per heavy atom. The minimum atomic E-state index is -1.49. The van der Waals surface area contributed by atoms with Crippen molar-refractivity contribution in [1.29, 1.82) is 0 Å². The topological polar surface area (TPSA) is 54.5 Å². The van der Waals surface area contributed by atoms with Gasteiger partial charge in [0.05, 0.1) is 0 Å². The van der Waals surface area contributed by atoms with E-state index >= 15 is 0 Å². The molecule has 0 saturated carbocycles. The van der Waals surface area contributed by atoms with Crippen molar-refractivity contribution in [2.24, 2.45) is 5.41 Å². The van der Waals surface area contributed by atoms with E-state index in [0.717, 1.165) is 24.3 Å². The van der Waals surface area contributed by atoms with Gasteiger partial charge >= 0.3 is 0 Å². The average molecular weight is 460 g/mol. The number of fused-ring (bicyclic) bond motifs is 4. The number of Topliss-reactive ketones (excluding diaryl/α,β-unsaturated/α-hetero) is 3. The minimum absolute atomic E-state index is 0.127. The molecule has 0 heterocycles. The van der Waals surface area contributed by atoms with Crippen LogP contribution in [0.5, 0.6) is 0 Å². The fraction of sp³-hybridized carbons (Fsp3) is 0.194. The lowest BCUT2D eigenvalue weighted by molar-refractivity contribution is 0.0753. The molecule has 0 bridgehead atoms. The van der Waals surface area contributed by atoms with Crippen LogP contribution < -0.4 is 4.90 Å². The zero-order valence-corrected chi connectivity index (χ0v) is 19.7. The van der Waals surface area contributed by atoms with Crippen molar-refractivity contribution in [1.82, 2.24) is 0 Å². The summed E-state index contributed by atoms with van der Waals surface area (Å²) in [6.07, 6.45) is 3.70. The van der Waals surface area contributed by atoms with E-state index in [9.17, 15) is 14.4 Å². The smallest absolute Gasteiger partial charge is 0.193 e. The van der Waals surface area contributed by atoms with Crippen LogP contribution in [0.4, 0.5) is 5.69 Å². The van der Waals surface area contributed by atoms with Crippen LogP contribution in [0.25, 0.3) is 5.57 Å². The monoisotopic (exact) mass is 459 g/mol. The normalized spacial score (nSPS) is 19.3. The van der Waals surface area contributed by atoms with Gasteiger partial charge in [0, 0.05) is 47.0 Å². The van der Waals surface area contributed by atoms with E-state index < -0.39 is 11.3 Å². The Morgan fingerprint density at radius 1 is 0.714 bits per heavy atom. The molecule has 35 heavy (non-hydrogen) atoms. The highest BCUT2D eigenvalue weighted by Crippen LogP contribution is 2.60. The Bertz CT molecular complexity index is 1440. The first-order valence-corrected chi connectivity index (χ1v) is 12.1. The van der Waals surface area contributed by atoms with Gasteiger partial charge in [0.2, 0.25) is 0 Å². The Balaban J connectivity index is 1.59. The van der Waals surface area contributed by atoms with E-state index in [4.69, 9.17) is 0 Å². The van der Waals surface area contributed by atoms with E-state index in [1.54, 1.807) is 30.3 Å². The standard InChI is InChI=1S/C31H25NO3/c1-3-32(4-2)20-15-13-19(14-16-20)26-18-17-25-27(21-9-5-6-10-22(21)28(25)33)31(26)29(34)23-11-7-8-12-24(23)30(31)35/h5-18,26H,3-4H2,1-2H3/t26-/m1/s1. The molecule has 1 spiro atoms. The summed E-state index contributed by atoms with van der Waals surface area (Å²) in [5, 5.41) is 0. The van der Waals surface area contributed by atoms with Crippen LogP contribution in [0.15, 0.2) is 90.5 Å². The van der Waals surface area contributed by atoms with Crippen LogP contribution >= 0.6 is 0 Å². The summed E-state index contributed by atoms with van der Waals surface area (Å²) >= 11 is 0. The lowest BCUT2D eigenvalue weighted by atomic mass is 9.60. The molecule has 3 aromatic rings. The number of rotatable bonds is 4. The van der Waals surface area contributed by atoms with E-state index in [-0.39, 0.29) is 17.3 Å². The maximum atomic E-state index is 14.3. The molecule has 0 saturated heterocycles. The van der Waals surface area contributed by atoms with Crippen molar-refractivity contribution < 1.29 is 14.4 Å². The number of hydrogen-bond donors (Lipinski definition) is 0. The second-order valence-electron chi connectivity index (χ2n) is 9.28. The summed E-state index contributed by atoms with van der Waals surface area (Å²) < 4.78 is 0. The molecule has 0 unspecified atom stereocenters. The van der Waals surface area contributed by atoms with Crippen LogP contribution in [0.2, 0.25) is 0 Å². The highest BCUT2D eigenvalue weighted by atomic mass is 16.2. The Labute approximate surface area is 204 Å². The van der Waals surface area contributed by atoms with Gasteiger partial charge in [0.25, 0.3) is 0 Å². The first-order valence-electron chi connectivity index (χ1n) is 12.1. The van der Waals surface area contributed by atoms with Gasteiger partial charge < -0.3 is 4.90 Å². The SMILES string of the molecule is CCN(CC)c1ccc([C@H]2C=CC3=C(c4ccccc4C3=O)C23C(=O)c2ccccc2C3=O)cc1. The third kappa shape index (κ3) is 2.71. The van der Waals surface area contributed by atoms with E-state index in [1.165, 1.54) is 0 Å². The molecule has 1 atom stereocenters. The number of anilines is 1. The van der Waals surface area contributed by atoms with Crippen molar-refractivity contribution in [3.05, 3.63) is 118 Å². The van der Waals surface area contributed by atoms with Crippen molar-refractivity contribution in [3.63, 3.8) is 0 Å². The molecule has 6 rings (SSSR count). The van der Waals surface area contributed by atoms with E-state index in [1.807, 2.05) is 42.5 Å². The fourth-order valence-electron chi connectivity index (χ4n) is 6.14. The van der Waals surface area contributed by atoms with Crippen LogP contribution in [0.1, 0.15) is 62.0 Å². The van der Waals surface area contributed by atoms with Crippen LogP contribution in [0, 0.1) is 5.41 Å². The van der Waals surface area contributed by atoms with Gasteiger partial charge in [-0.2, -0.15) is 0 Å². The lowest BCUT2D eigenvalue weighted by Crippen LogP contribution is -2.42. The molecule has 3 aromatic carbocycles. The van der Waals surface area contributed by atoms with Gasteiger partial charge in [-0.3, -0.25) is 14.4 Å². The number of ketones is 3. The molecule has 0 fully saturated rings. The molecule has 3 aliphatic rings. The molecule has 0 radical (unpaired) electrons. The lowest BCUT2D eigenvalue weighted by Gasteiger charge is -2.38. The maximum Gasteiger partial charge on any atom is 0.193 e. The third-order valence-corrected chi connectivity index (χ3v) is 7.78. The second kappa shape index (κ2) is 7.74. The first kappa shape index (κ1) is 21.5. The average Bonchev–Trinajstić information content (AvgIpc) is 3.31. The van der Waals surface area contributed by atoms with Crippen molar-refractivity contribution in [2.45, 2.75) is 19.8 Å². The van der Waals surface area contributed by atoms with Crippen LogP contribution in [-0.2, 0) is 0 Å². The van der Waals surface area contributed by atoms with Gasteiger partial charge in [-0.05, 0) is 42.7 Å². The van der Waals surface area contributed by atoms with Gasteiger partial charge in [-0.15, -0.1) is 0 Å². The Kier molecular flexibility index (Phi) is 4.75. The zero-order valence-electron chi connectivity index (χ0n) is 19.7. The molecule has 0 N–H and O–H groups in total. The highest BCUT2D eigenvalue weighted by molar-refractivity contribution is 6.40. The van der Waals surface area contributed by atoms with Crippen LogP contribution in [0.3, 0.4) is 0 Å². The Hall–Kier alpha value is -4.05. The quantitative estimate of drug-likeness (QED) is 0.456. The van der Waals surface area contributed by atoms with Crippen LogP contribution in [-0.4, -0.2) is 30.4 Å². The highest BCUT2D eigenvalue weighted by Gasteiger charge is 2.63. The molecule has 4 heteroatoms. The predicted octanol–water partition coefficient (Wildman–Crippen LogP) is 5.90. The molecule has 0 aliphatic heterocycles. The van der Waals surface area contributed by atoms with E-state index in [2.05, 4.69) is 30.9 Å². The van der Waals surface area contributed by atoms with Crippen molar-refractivity contribution in [2.75, 3.05) is 18.0 Å². The van der Waals surface area contributed by atoms with Gasteiger partial charge in [-0.25, -0.2) is 0 Å². The summed E-state index contributed by atoms with van der Waals surface area (Å²) in [6, 6.07) is 22.5. The predicted molar refractivity (Wildman–Crippen MR) is 137 cm³/mol. The number of nitrogens with zero attached hydrogens (tertiary/aromatic N) is 1. The molecule has 0 aromatic heterocycles. The number of benzene rings is 3. The Morgan fingerprint density at radius 2 is 1.26 bits per heavy atom. The van der Waals surface area contributed by atoms with Crippen molar-refractivity contribution >= 4 is 28.6 Å². The summed E-state index contributed by atoms with van der Waals surface area (Å²) in [5.41, 5.74) is 3.61. The minimum Gasteiger partial charge on any atom is -0.372 e. The van der Waals surface area contributed by atoms with Gasteiger partial charge in [-0.1, -0.05) is 72.8 Å². The maximum absolute atomic E-state index is 14.3. The van der Waals surface area contributed by atoms with E-state index in [0.29, 0.717) is 33.4 Å².